The van der Waals surface area contributed by atoms with E-state index in [0.717, 1.165) is 11.1 Å². The third-order valence-electron chi connectivity index (χ3n) is 4.04. The molecular formula is C18H21O3P. The van der Waals surface area contributed by atoms with Crippen LogP contribution in [0.4, 0.5) is 0 Å². The molecule has 0 aliphatic heterocycles. The summed E-state index contributed by atoms with van der Waals surface area (Å²) in [6.07, 6.45) is 0.685. The van der Waals surface area contributed by atoms with Gasteiger partial charge in [0.05, 0.1) is 18.9 Å². The van der Waals surface area contributed by atoms with Crippen molar-refractivity contribution in [1.29, 1.82) is 0 Å². The summed E-state index contributed by atoms with van der Waals surface area (Å²) in [6.45, 7) is 4.48. The van der Waals surface area contributed by atoms with E-state index >= 15 is 0 Å². The van der Waals surface area contributed by atoms with Crippen LogP contribution >= 0.6 is 7.60 Å². The van der Waals surface area contributed by atoms with Gasteiger partial charge in [-0.1, -0.05) is 48.5 Å². The lowest BCUT2D eigenvalue weighted by Gasteiger charge is -2.32. The van der Waals surface area contributed by atoms with E-state index in [1.165, 1.54) is 11.1 Å². The molecule has 1 aliphatic carbocycles. The molecular weight excluding hydrogens is 295 g/mol. The summed E-state index contributed by atoms with van der Waals surface area (Å²) in [5, 5.41) is 0. The van der Waals surface area contributed by atoms with Gasteiger partial charge in [0.2, 0.25) is 0 Å². The first kappa shape index (κ1) is 15.5. The molecule has 0 saturated carbocycles. The molecule has 0 saturated heterocycles. The summed E-state index contributed by atoms with van der Waals surface area (Å²) >= 11 is 0. The van der Waals surface area contributed by atoms with Gasteiger partial charge in [-0.25, -0.2) is 0 Å². The van der Waals surface area contributed by atoms with E-state index in [4.69, 9.17) is 9.05 Å². The fraction of sp³-hybridized carbons (Fsp3) is 0.333. The molecule has 22 heavy (non-hydrogen) atoms. The Labute approximate surface area is 131 Å². The first-order chi connectivity index (χ1) is 10.7. The number of benzene rings is 2. The quantitative estimate of drug-likeness (QED) is 0.710. The summed E-state index contributed by atoms with van der Waals surface area (Å²) in [4.78, 5) is 0. The molecule has 116 valence electrons. The molecule has 1 unspecified atom stereocenters. The lowest BCUT2D eigenvalue weighted by atomic mass is 9.85. The Balaban J connectivity index is 2.13. The Bertz CT molecular complexity index is 701. The van der Waals surface area contributed by atoms with Gasteiger partial charge in [0.1, 0.15) is 0 Å². The third-order valence-corrected chi connectivity index (χ3v) is 6.50. The van der Waals surface area contributed by atoms with Crippen molar-refractivity contribution >= 4 is 7.60 Å². The SMILES string of the molecule is CCOP(=O)(OCC)C1Cc2ccccc2-c2ccccc21. The van der Waals surface area contributed by atoms with E-state index in [2.05, 4.69) is 18.2 Å². The average molecular weight is 316 g/mol. The van der Waals surface area contributed by atoms with Gasteiger partial charge in [0, 0.05) is 0 Å². The van der Waals surface area contributed by atoms with Gasteiger partial charge in [-0.3, -0.25) is 4.57 Å². The van der Waals surface area contributed by atoms with Crippen LogP contribution in [0.2, 0.25) is 0 Å². The first-order valence-corrected chi connectivity index (χ1v) is 9.36. The fourth-order valence-corrected chi connectivity index (χ4v) is 5.31. The van der Waals surface area contributed by atoms with Crippen LogP contribution in [-0.4, -0.2) is 13.2 Å². The van der Waals surface area contributed by atoms with Gasteiger partial charge in [-0.2, -0.15) is 0 Å². The zero-order valence-electron chi connectivity index (χ0n) is 13.0. The second kappa shape index (κ2) is 6.37. The smallest absolute Gasteiger partial charge is 0.308 e. The van der Waals surface area contributed by atoms with Crippen LogP contribution in [0.1, 0.15) is 30.6 Å². The maximum atomic E-state index is 13.3. The lowest BCUT2D eigenvalue weighted by Crippen LogP contribution is -2.14. The Kier molecular flexibility index (Phi) is 4.49. The van der Waals surface area contributed by atoms with Crippen molar-refractivity contribution in [2.75, 3.05) is 13.2 Å². The molecule has 0 fully saturated rings. The van der Waals surface area contributed by atoms with Gasteiger partial charge in [0.15, 0.2) is 0 Å². The highest BCUT2D eigenvalue weighted by molar-refractivity contribution is 7.54. The summed E-state index contributed by atoms with van der Waals surface area (Å²) in [6, 6.07) is 16.4. The second-order valence-corrected chi connectivity index (χ2v) is 7.56. The van der Waals surface area contributed by atoms with Gasteiger partial charge in [0.25, 0.3) is 0 Å². The lowest BCUT2D eigenvalue weighted by molar-refractivity contribution is 0.211. The zero-order chi connectivity index (χ0) is 15.6. The van der Waals surface area contributed by atoms with E-state index in [9.17, 15) is 4.57 Å². The van der Waals surface area contributed by atoms with E-state index in [-0.39, 0.29) is 5.66 Å². The summed E-state index contributed by atoms with van der Waals surface area (Å²) in [5.74, 6) is 0. The van der Waals surface area contributed by atoms with Crippen molar-refractivity contribution in [3.8, 4) is 11.1 Å². The standard InChI is InChI=1S/C18H21O3P/c1-3-20-22(19,21-4-2)18-13-14-9-5-6-10-15(14)16-11-7-8-12-17(16)18/h5-12,18H,3-4,13H2,1-2H3. The van der Waals surface area contributed by atoms with Crippen molar-refractivity contribution in [3.05, 3.63) is 59.7 Å². The Morgan fingerprint density at radius 2 is 1.55 bits per heavy atom. The van der Waals surface area contributed by atoms with Crippen LogP contribution in [0.25, 0.3) is 11.1 Å². The molecule has 0 N–H and O–H groups in total. The molecule has 1 atom stereocenters. The van der Waals surface area contributed by atoms with Crippen molar-refractivity contribution < 1.29 is 13.6 Å². The topological polar surface area (TPSA) is 35.5 Å². The highest BCUT2D eigenvalue weighted by atomic mass is 31.2. The Morgan fingerprint density at radius 3 is 2.23 bits per heavy atom. The van der Waals surface area contributed by atoms with Crippen molar-refractivity contribution in [3.63, 3.8) is 0 Å². The zero-order valence-corrected chi connectivity index (χ0v) is 13.9. The molecule has 2 aromatic rings. The highest BCUT2D eigenvalue weighted by Crippen LogP contribution is 2.64. The summed E-state index contributed by atoms with van der Waals surface area (Å²) < 4.78 is 24.5. The number of fused-ring (bicyclic) bond motifs is 3. The van der Waals surface area contributed by atoms with Crippen LogP contribution in [0.5, 0.6) is 0 Å². The molecule has 0 aromatic heterocycles. The van der Waals surface area contributed by atoms with Crippen molar-refractivity contribution in [2.45, 2.75) is 25.9 Å². The molecule has 0 amide bonds. The molecule has 4 heteroatoms. The van der Waals surface area contributed by atoms with Crippen LogP contribution in [0, 0.1) is 0 Å². The summed E-state index contributed by atoms with van der Waals surface area (Å²) in [5.41, 5.74) is 4.37. The highest BCUT2D eigenvalue weighted by Gasteiger charge is 2.40. The molecule has 3 nitrogen and oxygen atoms in total. The molecule has 0 radical (unpaired) electrons. The van der Waals surface area contributed by atoms with E-state index in [1.807, 2.05) is 44.2 Å². The minimum absolute atomic E-state index is 0.238. The fourth-order valence-electron chi connectivity index (χ4n) is 3.17. The predicted molar refractivity (Wildman–Crippen MR) is 89.2 cm³/mol. The molecule has 3 rings (SSSR count). The largest absolute Gasteiger partial charge is 0.338 e. The number of rotatable bonds is 5. The minimum Gasteiger partial charge on any atom is -0.308 e. The van der Waals surface area contributed by atoms with Crippen molar-refractivity contribution in [1.82, 2.24) is 0 Å². The summed E-state index contributed by atoms with van der Waals surface area (Å²) in [7, 11) is -3.18. The molecule has 0 spiro atoms. The van der Waals surface area contributed by atoms with Gasteiger partial charge < -0.3 is 9.05 Å². The first-order valence-electron chi connectivity index (χ1n) is 7.75. The van der Waals surface area contributed by atoms with Gasteiger partial charge in [-0.05, 0) is 42.5 Å². The number of hydrogen-bond donors (Lipinski definition) is 0. The van der Waals surface area contributed by atoms with Crippen LogP contribution < -0.4 is 0 Å². The molecule has 2 aromatic carbocycles. The maximum Gasteiger partial charge on any atom is 0.338 e. The predicted octanol–water partition coefficient (Wildman–Crippen LogP) is 5.22. The Hall–Kier alpha value is -1.41. The second-order valence-electron chi connectivity index (χ2n) is 5.34. The number of hydrogen-bond acceptors (Lipinski definition) is 3. The van der Waals surface area contributed by atoms with Gasteiger partial charge >= 0.3 is 7.60 Å². The van der Waals surface area contributed by atoms with Crippen LogP contribution in [-0.2, 0) is 20.0 Å². The average Bonchev–Trinajstić information content (AvgIpc) is 2.54. The van der Waals surface area contributed by atoms with Gasteiger partial charge in [-0.15, -0.1) is 0 Å². The van der Waals surface area contributed by atoms with Crippen molar-refractivity contribution in [2.24, 2.45) is 0 Å². The monoisotopic (exact) mass is 316 g/mol. The maximum absolute atomic E-state index is 13.3. The normalized spacial score (nSPS) is 16.9. The molecule has 0 heterocycles. The van der Waals surface area contributed by atoms with Crippen LogP contribution in [0.15, 0.2) is 48.5 Å². The Morgan fingerprint density at radius 1 is 0.955 bits per heavy atom. The molecule has 1 aliphatic rings. The van der Waals surface area contributed by atoms with E-state index in [0.29, 0.717) is 19.6 Å². The van der Waals surface area contributed by atoms with E-state index in [1.54, 1.807) is 0 Å². The van der Waals surface area contributed by atoms with E-state index < -0.39 is 7.60 Å². The third kappa shape index (κ3) is 2.65. The van der Waals surface area contributed by atoms with Crippen LogP contribution in [0.3, 0.4) is 0 Å². The minimum atomic E-state index is -3.18. The molecule has 0 bridgehead atoms.